The number of rotatable bonds is 4. The molecule has 4 rings (SSSR count). The average Bonchev–Trinajstić information content (AvgIpc) is 3.16. The van der Waals surface area contributed by atoms with E-state index in [4.69, 9.17) is 14.2 Å². The summed E-state index contributed by atoms with van der Waals surface area (Å²) in [5, 5.41) is 4.80. The van der Waals surface area contributed by atoms with E-state index in [1.165, 1.54) is 0 Å². The third kappa shape index (κ3) is 3.51. The number of benzene rings is 1. The lowest BCUT2D eigenvalue weighted by molar-refractivity contribution is -0.153. The first-order chi connectivity index (χ1) is 12.7. The van der Waals surface area contributed by atoms with Crippen molar-refractivity contribution in [1.82, 2.24) is 4.90 Å². The molecule has 1 aromatic heterocycles. The van der Waals surface area contributed by atoms with E-state index in [1.54, 1.807) is 34.4 Å². The third-order valence-electron chi connectivity index (χ3n) is 4.22. The number of amides is 2. The van der Waals surface area contributed by atoms with Gasteiger partial charge in [0.15, 0.2) is 11.5 Å². The molecule has 1 unspecified atom stereocenters. The Bertz CT molecular complexity index is 808. The summed E-state index contributed by atoms with van der Waals surface area (Å²) in [6.07, 6.45) is 0. The van der Waals surface area contributed by atoms with Crippen LogP contribution in [-0.2, 0) is 20.9 Å². The number of fused-ring (bicyclic) bond motifs is 1. The van der Waals surface area contributed by atoms with Crippen molar-refractivity contribution < 1.29 is 23.8 Å². The third-order valence-corrected chi connectivity index (χ3v) is 5.08. The van der Waals surface area contributed by atoms with Crippen molar-refractivity contribution in [1.29, 1.82) is 0 Å². The number of ether oxygens (including phenoxy) is 3. The minimum absolute atomic E-state index is 0.000814. The highest BCUT2D eigenvalue weighted by Gasteiger charge is 2.34. The number of nitrogens with zero attached hydrogens (tertiary/aromatic N) is 1. The van der Waals surface area contributed by atoms with E-state index in [-0.39, 0.29) is 25.0 Å². The lowest BCUT2D eigenvalue weighted by Gasteiger charge is -2.34. The van der Waals surface area contributed by atoms with Crippen molar-refractivity contribution in [3.63, 3.8) is 0 Å². The van der Waals surface area contributed by atoms with Crippen LogP contribution in [0.4, 0.5) is 5.69 Å². The van der Waals surface area contributed by atoms with Gasteiger partial charge in [-0.25, -0.2) is 0 Å². The summed E-state index contributed by atoms with van der Waals surface area (Å²) in [7, 11) is 0. The number of thiophene rings is 1. The zero-order valence-electron chi connectivity index (χ0n) is 14.0. The summed E-state index contributed by atoms with van der Waals surface area (Å²) in [5.74, 6) is 0.781. The van der Waals surface area contributed by atoms with Crippen molar-refractivity contribution >= 4 is 28.8 Å². The molecular formula is C18H18N2O5S. The number of hydrogen-bond acceptors (Lipinski definition) is 6. The Morgan fingerprint density at radius 3 is 2.88 bits per heavy atom. The summed E-state index contributed by atoms with van der Waals surface area (Å²) in [6.45, 7) is 1.56. The Labute approximate surface area is 154 Å². The van der Waals surface area contributed by atoms with Crippen LogP contribution in [0.15, 0.2) is 35.7 Å². The Morgan fingerprint density at radius 1 is 1.23 bits per heavy atom. The molecular weight excluding hydrogens is 356 g/mol. The highest BCUT2D eigenvalue weighted by molar-refractivity contribution is 7.09. The van der Waals surface area contributed by atoms with Crippen molar-refractivity contribution in [2.75, 3.05) is 31.7 Å². The normalized spacial score (nSPS) is 19.3. The predicted molar refractivity (Wildman–Crippen MR) is 95.5 cm³/mol. The SMILES string of the molecule is O=C(Nc1ccc2c(c1)OCCO2)C1COCC(=O)N1Cc1cccs1. The fourth-order valence-corrected chi connectivity index (χ4v) is 3.64. The molecule has 136 valence electrons. The molecule has 0 spiro atoms. The standard InChI is InChI=1S/C18H18N2O5S/c21-17-11-23-10-14(20(17)9-13-2-1-7-26-13)18(22)19-12-3-4-15-16(8-12)25-6-5-24-15/h1-4,7-8,14H,5-6,9-11H2,(H,19,22). The molecule has 1 atom stereocenters. The van der Waals surface area contributed by atoms with Gasteiger partial charge in [-0.1, -0.05) is 6.07 Å². The molecule has 2 amide bonds. The molecule has 7 nitrogen and oxygen atoms in total. The monoisotopic (exact) mass is 374 g/mol. The molecule has 8 heteroatoms. The number of anilines is 1. The molecule has 0 bridgehead atoms. The average molecular weight is 374 g/mol. The predicted octanol–water partition coefficient (Wildman–Crippen LogP) is 1.89. The quantitative estimate of drug-likeness (QED) is 0.884. The molecule has 3 heterocycles. The first-order valence-corrected chi connectivity index (χ1v) is 9.19. The van der Waals surface area contributed by atoms with E-state index in [0.29, 0.717) is 36.9 Å². The molecule has 26 heavy (non-hydrogen) atoms. The van der Waals surface area contributed by atoms with Gasteiger partial charge in [0.25, 0.3) is 0 Å². The molecule has 1 saturated heterocycles. The van der Waals surface area contributed by atoms with Gasteiger partial charge >= 0.3 is 0 Å². The Kier molecular flexibility index (Phi) is 4.77. The van der Waals surface area contributed by atoms with Crippen LogP contribution in [0, 0.1) is 0 Å². The first kappa shape index (κ1) is 16.9. The van der Waals surface area contributed by atoms with Gasteiger partial charge in [-0.3, -0.25) is 9.59 Å². The van der Waals surface area contributed by atoms with E-state index < -0.39 is 6.04 Å². The van der Waals surface area contributed by atoms with Crippen LogP contribution in [0.2, 0.25) is 0 Å². The molecule has 1 N–H and O–H groups in total. The Balaban J connectivity index is 1.49. The van der Waals surface area contributed by atoms with Gasteiger partial charge in [-0.15, -0.1) is 11.3 Å². The Hall–Kier alpha value is -2.58. The summed E-state index contributed by atoms with van der Waals surface area (Å²) in [6, 6.07) is 8.43. The molecule has 2 aromatic rings. The molecule has 0 aliphatic carbocycles. The number of carbonyl (C=O) groups is 2. The molecule has 2 aliphatic rings. The van der Waals surface area contributed by atoms with Gasteiger partial charge in [0.05, 0.1) is 13.2 Å². The second kappa shape index (κ2) is 7.35. The second-order valence-corrected chi connectivity index (χ2v) is 7.01. The lowest BCUT2D eigenvalue weighted by Crippen LogP contribution is -2.54. The zero-order chi connectivity index (χ0) is 17.9. The number of carbonyl (C=O) groups excluding carboxylic acids is 2. The van der Waals surface area contributed by atoms with Gasteiger partial charge in [-0.05, 0) is 23.6 Å². The summed E-state index contributed by atoms with van der Waals surface area (Å²) >= 11 is 1.55. The summed E-state index contributed by atoms with van der Waals surface area (Å²) in [5.41, 5.74) is 0.591. The zero-order valence-corrected chi connectivity index (χ0v) is 14.8. The van der Waals surface area contributed by atoms with Crippen LogP contribution < -0.4 is 14.8 Å². The van der Waals surface area contributed by atoms with E-state index in [1.807, 2.05) is 17.5 Å². The van der Waals surface area contributed by atoms with Gasteiger partial charge in [0.2, 0.25) is 11.8 Å². The maximum Gasteiger partial charge on any atom is 0.249 e. The van der Waals surface area contributed by atoms with Crippen molar-refractivity contribution in [2.45, 2.75) is 12.6 Å². The fourth-order valence-electron chi connectivity index (χ4n) is 2.94. The van der Waals surface area contributed by atoms with Crippen molar-refractivity contribution in [3.8, 4) is 11.5 Å². The van der Waals surface area contributed by atoms with Crippen LogP contribution >= 0.6 is 11.3 Å². The maximum atomic E-state index is 12.8. The summed E-state index contributed by atoms with van der Waals surface area (Å²) in [4.78, 5) is 27.6. The van der Waals surface area contributed by atoms with Crippen LogP contribution in [-0.4, -0.2) is 49.2 Å². The van der Waals surface area contributed by atoms with E-state index in [9.17, 15) is 9.59 Å². The minimum Gasteiger partial charge on any atom is -0.486 e. The van der Waals surface area contributed by atoms with Crippen LogP contribution in [0.5, 0.6) is 11.5 Å². The van der Waals surface area contributed by atoms with E-state index >= 15 is 0 Å². The van der Waals surface area contributed by atoms with E-state index in [2.05, 4.69) is 5.32 Å². The fraction of sp³-hybridized carbons (Fsp3) is 0.333. The van der Waals surface area contributed by atoms with Crippen molar-refractivity contribution in [2.24, 2.45) is 0 Å². The molecule has 2 aliphatic heterocycles. The van der Waals surface area contributed by atoms with Crippen LogP contribution in [0.1, 0.15) is 4.88 Å². The summed E-state index contributed by atoms with van der Waals surface area (Å²) < 4.78 is 16.3. The van der Waals surface area contributed by atoms with Gasteiger partial charge in [0, 0.05) is 16.6 Å². The largest absolute Gasteiger partial charge is 0.486 e. The van der Waals surface area contributed by atoms with Gasteiger partial charge in [0.1, 0.15) is 25.9 Å². The van der Waals surface area contributed by atoms with Gasteiger partial charge < -0.3 is 24.4 Å². The number of nitrogens with one attached hydrogen (secondary N) is 1. The molecule has 0 saturated carbocycles. The molecule has 0 radical (unpaired) electrons. The topological polar surface area (TPSA) is 77.1 Å². The second-order valence-electron chi connectivity index (χ2n) is 5.98. The minimum atomic E-state index is -0.674. The number of morpholine rings is 1. The first-order valence-electron chi connectivity index (χ1n) is 8.31. The maximum absolute atomic E-state index is 12.8. The molecule has 1 fully saturated rings. The van der Waals surface area contributed by atoms with Crippen molar-refractivity contribution in [3.05, 3.63) is 40.6 Å². The smallest absolute Gasteiger partial charge is 0.249 e. The highest BCUT2D eigenvalue weighted by atomic mass is 32.1. The van der Waals surface area contributed by atoms with E-state index in [0.717, 1.165) is 4.88 Å². The Morgan fingerprint density at radius 2 is 2.08 bits per heavy atom. The highest BCUT2D eigenvalue weighted by Crippen LogP contribution is 2.32. The lowest BCUT2D eigenvalue weighted by atomic mass is 10.2. The van der Waals surface area contributed by atoms with Crippen LogP contribution in [0.3, 0.4) is 0 Å². The van der Waals surface area contributed by atoms with Crippen LogP contribution in [0.25, 0.3) is 0 Å². The molecule has 1 aromatic carbocycles. The number of hydrogen-bond donors (Lipinski definition) is 1. The van der Waals surface area contributed by atoms with Gasteiger partial charge in [-0.2, -0.15) is 0 Å².